The van der Waals surface area contributed by atoms with Gasteiger partial charge in [-0.05, 0) is 50.1 Å². The van der Waals surface area contributed by atoms with Gasteiger partial charge < -0.3 is 24.8 Å². The number of imidazole rings is 1. The largest absolute Gasteiger partial charge is 0.375 e. The van der Waals surface area contributed by atoms with Gasteiger partial charge >= 0.3 is 6.03 Å². The molecule has 4 rings (SSSR count). The van der Waals surface area contributed by atoms with Crippen molar-refractivity contribution in [3.63, 3.8) is 0 Å². The number of nitrogens with one attached hydrogen (secondary N) is 2. The van der Waals surface area contributed by atoms with Crippen LogP contribution in [0.5, 0.6) is 0 Å². The van der Waals surface area contributed by atoms with Crippen LogP contribution in [0.25, 0.3) is 11.0 Å². The van der Waals surface area contributed by atoms with Crippen LogP contribution in [-0.2, 0) is 16.1 Å². The van der Waals surface area contributed by atoms with E-state index in [9.17, 15) is 9.59 Å². The fraction of sp³-hybridized carbons (Fsp3) is 0.348. The van der Waals surface area contributed by atoms with E-state index in [1.165, 1.54) is 7.11 Å². The number of carbonyl (C=O) groups is 2. The Morgan fingerprint density at radius 3 is 2.68 bits per heavy atom. The van der Waals surface area contributed by atoms with Gasteiger partial charge in [0.2, 0.25) is 5.91 Å². The van der Waals surface area contributed by atoms with Crippen LogP contribution in [-0.4, -0.2) is 46.7 Å². The molecule has 2 heterocycles. The number of ether oxygens (including phenoxy) is 1. The Morgan fingerprint density at radius 1 is 1.13 bits per heavy atom. The lowest BCUT2D eigenvalue weighted by Crippen LogP contribution is -2.35. The lowest BCUT2D eigenvalue weighted by atomic mass is 10.2. The quantitative estimate of drug-likeness (QED) is 0.629. The van der Waals surface area contributed by atoms with Gasteiger partial charge in [-0.3, -0.25) is 4.79 Å². The first-order valence-corrected chi connectivity index (χ1v) is 10.5. The van der Waals surface area contributed by atoms with E-state index in [0.29, 0.717) is 17.9 Å². The van der Waals surface area contributed by atoms with Gasteiger partial charge in [0.25, 0.3) is 0 Å². The van der Waals surface area contributed by atoms with E-state index in [-0.39, 0.29) is 24.6 Å². The van der Waals surface area contributed by atoms with Gasteiger partial charge in [-0.1, -0.05) is 18.2 Å². The molecule has 8 heteroatoms. The summed E-state index contributed by atoms with van der Waals surface area (Å²) in [6.45, 7) is 3.55. The maximum Gasteiger partial charge on any atom is 0.322 e. The summed E-state index contributed by atoms with van der Waals surface area (Å²) in [4.78, 5) is 31.6. The molecule has 2 N–H and O–H groups in total. The Hall–Kier alpha value is -3.39. The van der Waals surface area contributed by atoms with Gasteiger partial charge in [0.1, 0.15) is 12.4 Å². The Kier molecular flexibility index (Phi) is 6.18. The summed E-state index contributed by atoms with van der Waals surface area (Å²) in [5.74, 6) is 0.681. The van der Waals surface area contributed by atoms with Crippen molar-refractivity contribution in [1.29, 1.82) is 0 Å². The zero-order chi connectivity index (χ0) is 21.8. The van der Waals surface area contributed by atoms with Crippen LogP contribution >= 0.6 is 0 Å². The minimum absolute atomic E-state index is 0.0233. The van der Waals surface area contributed by atoms with Crippen LogP contribution in [0.4, 0.5) is 16.2 Å². The smallest absolute Gasteiger partial charge is 0.322 e. The van der Waals surface area contributed by atoms with E-state index >= 15 is 0 Å². The number of amides is 3. The van der Waals surface area contributed by atoms with E-state index in [1.54, 1.807) is 24.3 Å². The number of hydrogen-bond acceptors (Lipinski definition) is 4. The molecule has 0 radical (unpaired) electrons. The van der Waals surface area contributed by atoms with Crippen molar-refractivity contribution in [2.45, 2.75) is 32.4 Å². The second-order valence-corrected chi connectivity index (χ2v) is 7.55. The van der Waals surface area contributed by atoms with Gasteiger partial charge in [-0.25, -0.2) is 9.78 Å². The second-order valence-electron chi connectivity index (χ2n) is 7.55. The molecule has 1 unspecified atom stereocenters. The number of methoxy groups -OCH3 is 1. The SMILES string of the molecule is CCn1c(C2CCCN2C(=O)Nc2cccc(NC(=O)COC)c2)nc2ccccc21. The fourth-order valence-electron chi connectivity index (χ4n) is 4.16. The molecule has 1 atom stereocenters. The monoisotopic (exact) mass is 421 g/mol. The maximum absolute atomic E-state index is 13.1. The van der Waals surface area contributed by atoms with Gasteiger partial charge in [-0.2, -0.15) is 0 Å². The molecule has 0 spiro atoms. The number of nitrogens with zero attached hydrogens (tertiary/aromatic N) is 3. The minimum atomic E-state index is -0.246. The highest BCUT2D eigenvalue weighted by Gasteiger charge is 2.33. The molecule has 1 fully saturated rings. The van der Waals surface area contributed by atoms with E-state index in [4.69, 9.17) is 9.72 Å². The number of aryl methyl sites for hydroxylation is 1. The van der Waals surface area contributed by atoms with E-state index < -0.39 is 0 Å². The first kappa shape index (κ1) is 20.9. The summed E-state index contributed by atoms with van der Waals surface area (Å²) >= 11 is 0. The fourth-order valence-corrected chi connectivity index (χ4v) is 4.16. The van der Waals surface area contributed by atoms with Crippen molar-refractivity contribution in [2.24, 2.45) is 0 Å². The number of carbonyl (C=O) groups excluding carboxylic acids is 2. The molecule has 162 valence electrons. The van der Waals surface area contributed by atoms with Crippen LogP contribution in [0.2, 0.25) is 0 Å². The van der Waals surface area contributed by atoms with Crippen LogP contribution < -0.4 is 10.6 Å². The average molecular weight is 422 g/mol. The lowest BCUT2D eigenvalue weighted by molar-refractivity contribution is -0.119. The molecule has 3 amide bonds. The van der Waals surface area contributed by atoms with Crippen LogP contribution in [0.15, 0.2) is 48.5 Å². The standard InChI is InChI=1S/C23H27N5O3/c1-3-27-19-11-5-4-10-18(19)26-22(27)20-12-7-13-28(20)23(30)25-17-9-6-8-16(14-17)24-21(29)15-31-2/h4-6,8-11,14,20H,3,7,12-13,15H2,1-2H3,(H,24,29)(H,25,30). The Bertz CT molecular complexity index is 1090. The number of fused-ring (bicyclic) bond motifs is 1. The van der Waals surface area contributed by atoms with Gasteiger partial charge in [0, 0.05) is 31.6 Å². The molecule has 1 aliphatic rings. The van der Waals surface area contributed by atoms with Crippen LogP contribution in [0.1, 0.15) is 31.6 Å². The third kappa shape index (κ3) is 4.39. The van der Waals surface area contributed by atoms with Crippen molar-refractivity contribution >= 4 is 34.3 Å². The zero-order valence-corrected chi connectivity index (χ0v) is 17.8. The molecule has 1 aromatic heterocycles. The summed E-state index contributed by atoms with van der Waals surface area (Å²) in [7, 11) is 1.47. The Morgan fingerprint density at radius 2 is 1.90 bits per heavy atom. The topological polar surface area (TPSA) is 88.5 Å². The summed E-state index contributed by atoms with van der Waals surface area (Å²) in [6.07, 6.45) is 1.81. The predicted molar refractivity (Wildman–Crippen MR) is 120 cm³/mol. The summed E-state index contributed by atoms with van der Waals surface area (Å²) in [5, 5.41) is 5.72. The summed E-state index contributed by atoms with van der Waals surface area (Å²) in [5.41, 5.74) is 3.26. The molecule has 2 aromatic carbocycles. The van der Waals surface area contributed by atoms with Crippen molar-refractivity contribution in [2.75, 3.05) is 30.9 Å². The highest BCUT2D eigenvalue weighted by atomic mass is 16.5. The predicted octanol–water partition coefficient (Wildman–Crippen LogP) is 4.01. The molecular formula is C23H27N5O3. The molecule has 0 aliphatic carbocycles. The first-order chi connectivity index (χ1) is 15.1. The first-order valence-electron chi connectivity index (χ1n) is 10.5. The molecule has 1 saturated heterocycles. The van der Waals surface area contributed by atoms with Crippen molar-refractivity contribution in [3.05, 3.63) is 54.4 Å². The molecule has 1 aliphatic heterocycles. The third-order valence-electron chi connectivity index (χ3n) is 5.49. The summed E-state index contributed by atoms with van der Waals surface area (Å²) in [6, 6.07) is 14.9. The van der Waals surface area contributed by atoms with Crippen molar-refractivity contribution < 1.29 is 14.3 Å². The highest BCUT2D eigenvalue weighted by molar-refractivity contribution is 5.94. The Labute approximate surface area is 181 Å². The number of urea groups is 1. The van der Waals surface area contributed by atoms with E-state index in [2.05, 4.69) is 28.2 Å². The van der Waals surface area contributed by atoms with Crippen LogP contribution in [0.3, 0.4) is 0 Å². The molecular weight excluding hydrogens is 394 g/mol. The highest BCUT2D eigenvalue weighted by Crippen LogP contribution is 2.34. The number of benzene rings is 2. The van der Waals surface area contributed by atoms with Gasteiger partial charge in [0.05, 0.1) is 17.1 Å². The molecule has 0 bridgehead atoms. The number of para-hydroxylation sites is 2. The number of hydrogen-bond donors (Lipinski definition) is 2. The number of anilines is 2. The van der Waals surface area contributed by atoms with Gasteiger partial charge in [-0.15, -0.1) is 0 Å². The summed E-state index contributed by atoms with van der Waals surface area (Å²) < 4.78 is 7.03. The average Bonchev–Trinajstić information content (AvgIpc) is 3.38. The molecule has 8 nitrogen and oxygen atoms in total. The Balaban J connectivity index is 1.52. The van der Waals surface area contributed by atoms with Crippen molar-refractivity contribution in [3.8, 4) is 0 Å². The van der Waals surface area contributed by atoms with Crippen LogP contribution in [0, 0.1) is 0 Å². The van der Waals surface area contributed by atoms with Crippen molar-refractivity contribution in [1.82, 2.24) is 14.5 Å². The zero-order valence-electron chi connectivity index (χ0n) is 17.8. The molecule has 3 aromatic rings. The van der Waals surface area contributed by atoms with E-state index in [1.807, 2.05) is 23.1 Å². The second kappa shape index (κ2) is 9.18. The maximum atomic E-state index is 13.1. The van der Waals surface area contributed by atoms with Gasteiger partial charge in [0.15, 0.2) is 0 Å². The lowest BCUT2D eigenvalue weighted by Gasteiger charge is -2.25. The molecule has 0 saturated carbocycles. The normalized spacial score (nSPS) is 15.9. The molecule has 31 heavy (non-hydrogen) atoms. The minimum Gasteiger partial charge on any atom is -0.375 e. The number of rotatable bonds is 6. The third-order valence-corrected chi connectivity index (χ3v) is 5.49. The van der Waals surface area contributed by atoms with E-state index in [0.717, 1.165) is 36.2 Å². The number of aromatic nitrogens is 2. The number of likely N-dealkylation sites (tertiary alicyclic amines) is 1.